The Hall–Kier alpha value is -1.71. The minimum atomic E-state index is -0.204. The molecule has 4 rings (SSSR count). The molecule has 1 saturated carbocycles. The van der Waals surface area contributed by atoms with Gasteiger partial charge in [0.1, 0.15) is 5.82 Å². The van der Waals surface area contributed by atoms with Gasteiger partial charge in [0.15, 0.2) is 0 Å². The summed E-state index contributed by atoms with van der Waals surface area (Å²) in [5.74, 6) is 0.287. The predicted octanol–water partition coefficient (Wildman–Crippen LogP) is 5.04. The van der Waals surface area contributed by atoms with E-state index in [1.54, 1.807) is 12.1 Å². The van der Waals surface area contributed by atoms with Crippen LogP contribution in [0.1, 0.15) is 42.9 Å². The van der Waals surface area contributed by atoms with Crippen molar-refractivity contribution in [2.24, 2.45) is 5.92 Å². The standard InChI is InChI=1S/C21H23FO2/c22-17-11-9-15(10-12-17)14-23-21-13-20(16-5-2-1-3-6-16)24-19-8-4-7-18(19)21/h1-3,5-6,9-12,18-21H,4,7-8,13-14H2/t18-,19-,20-,21-/m1/s1. The smallest absolute Gasteiger partial charge is 0.123 e. The summed E-state index contributed by atoms with van der Waals surface area (Å²) < 4.78 is 25.7. The molecule has 0 unspecified atom stereocenters. The number of rotatable bonds is 4. The summed E-state index contributed by atoms with van der Waals surface area (Å²) >= 11 is 0. The maximum absolute atomic E-state index is 13.0. The average molecular weight is 326 g/mol. The van der Waals surface area contributed by atoms with Crippen LogP contribution in [-0.2, 0) is 16.1 Å². The first-order valence-corrected chi connectivity index (χ1v) is 8.86. The highest BCUT2D eigenvalue weighted by Crippen LogP contribution is 2.43. The van der Waals surface area contributed by atoms with Crippen molar-refractivity contribution >= 4 is 0 Å². The second-order valence-corrected chi connectivity index (χ2v) is 6.88. The van der Waals surface area contributed by atoms with Crippen LogP contribution in [0.5, 0.6) is 0 Å². The molecule has 3 heteroatoms. The Morgan fingerprint density at radius 1 is 1.00 bits per heavy atom. The highest BCUT2D eigenvalue weighted by atomic mass is 19.1. The first-order chi connectivity index (χ1) is 11.8. The zero-order chi connectivity index (χ0) is 16.4. The van der Waals surface area contributed by atoms with Crippen molar-refractivity contribution in [3.63, 3.8) is 0 Å². The molecule has 0 radical (unpaired) electrons. The molecule has 24 heavy (non-hydrogen) atoms. The normalized spacial score (nSPS) is 29.4. The maximum Gasteiger partial charge on any atom is 0.123 e. The molecule has 2 aliphatic rings. The van der Waals surface area contributed by atoms with E-state index in [1.807, 2.05) is 6.07 Å². The minimum Gasteiger partial charge on any atom is -0.373 e. The number of fused-ring (bicyclic) bond motifs is 1. The Kier molecular flexibility index (Phi) is 4.63. The molecular weight excluding hydrogens is 303 g/mol. The van der Waals surface area contributed by atoms with Crippen molar-refractivity contribution in [3.8, 4) is 0 Å². The molecule has 1 aliphatic carbocycles. The molecule has 0 spiro atoms. The van der Waals surface area contributed by atoms with Gasteiger partial charge in [-0.2, -0.15) is 0 Å². The summed E-state index contributed by atoms with van der Waals surface area (Å²) in [4.78, 5) is 0. The molecule has 1 heterocycles. The Balaban J connectivity index is 1.46. The molecule has 2 nitrogen and oxygen atoms in total. The molecular formula is C21H23FO2. The topological polar surface area (TPSA) is 18.5 Å². The summed E-state index contributed by atoms with van der Waals surface area (Å²) in [6.07, 6.45) is 5.05. The molecule has 2 fully saturated rings. The van der Waals surface area contributed by atoms with E-state index >= 15 is 0 Å². The molecule has 1 saturated heterocycles. The summed E-state index contributed by atoms with van der Waals surface area (Å²) in [6.45, 7) is 0.537. The van der Waals surface area contributed by atoms with E-state index in [2.05, 4.69) is 24.3 Å². The van der Waals surface area contributed by atoms with Crippen LogP contribution in [0.4, 0.5) is 4.39 Å². The molecule has 0 amide bonds. The SMILES string of the molecule is Fc1ccc(CO[C@@H]2C[C@H](c3ccccc3)O[C@@H]3CCC[C@@H]23)cc1. The van der Waals surface area contributed by atoms with Crippen molar-refractivity contribution in [2.75, 3.05) is 0 Å². The third kappa shape index (κ3) is 3.38. The summed E-state index contributed by atoms with van der Waals surface area (Å²) in [5, 5.41) is 0. The highest BCUT2D eigenvalue weighted by Gasteiger charge is 2.42. The Morgan fingerprint density at radius 2 is 1.79 bits per heavy atom. The van der Waals surface area contributed by atoms with Crippen molar-refractivity contribution < 1.29 is 13.9 Å². The van der Waals surface area contributed by atoms with Gasteiger partial charge in [0.25, 0.3) is 0 Å². The summed E-state index contributed by atoms with van der Waals surface area (Å²) in [5.41, 5.74) is 2.26. The second kappa shape index (κ2) is 7.04. The number of hydrogen-bond acceptors (Lipinski definition) is 2. The molecule has 2 aromatic carbocycles. The van der Waals surface area contributed by atoms with Crippen LogP contribution in [0.25, 0.3) is 0 Å². The van der Waals surface area contributed by atoms with Gasteiger partial charge in [-0.1, -0.05) is 48.9 Å². The lowest BCUT2D eigenvalue weighted by Crippen LogP contribution is -2.39. The molecule has 2 aromatic rings. The number of ether oxygens (including phenoxy) is 2. The van der Waals surface area contributed by atoms with E-state index in [1.165, 1.54) is 30.5 Å². The van der Waals surface area contributed by atoms with Crippen LogP contribution in [0.2, 0.25) is 0 Å². The number of hydrogen-bond donors (Lipinski definition) is 0. The maximum atomic E-state index is 13.0. The fourth-order valence-corrected chi connectivity index (χ4v) is 4.06. The predicted molar refractivity (Wildman–Crippen MR) is 91.0 cm³/mol. The quantitative estimate of drug-likeness (QED) is 0.783. The fraction of sp³-hybridized carbons (Fsp3) is 0.429. The Bertz CT molecular complexity index is 655. The van der Waals surface area contributed by atoms with Gasteiger partial charge in [0.2, 0.25) is 0 Å². The van der Waals surface area contributed by atoms with Gasteiger partial charge in [-0.25, -0.2) is 4.39 Å². The van der Waals surface area contributed by atoms with Gasteiger partial charge >= 0.3 is 0 Å². The van der Waals surface area contributed by atoms with E-state index in [0.29, 0.717) is 18.6 Å². The van der Waals surface area contributed by atoms with E-state index < -0.39 is 0 Å². The van der Waals surface area contributed by atoms with Crippen LogP contribution in [0, 0.1) is 11.7 Å². The van der Waals surface area contributed by atoms with Crippen LogP contribution in [0.15, 0.2) is 54.6 Å². The largest absolute Gasteiger partial charge is 0.373 e. The molecule has 1 aliphatic heterocycles. The lowest BCUT2D eigenvalue weighted by molar-refractivity contribution is -0.148. The van der Waals surface area contributed by atoms with Crippen LogP contribution in [0.3, 0.4) is 0 Å². The van der Waals surface area contributed by atoms with E-state index in [4.69, 9.17) is 9.47 Å². The van der Waals surface area contributed by atoms with Crippen LogP contribution < -0.4 is 0 Å². The Labute approximate surface area is 142 Å². The van der Waals surface area contributed by atoms with Gasteiger partial charge in [-0.15, -0.1) is 0 Å². The number of halogens is 1. The zero-order valence-electron chi connectivity index (χ0n) is 13.7. The van der Waals surface area contributed by atoms with Crippen molar-refractivity contribution in [3.05, 3.63) is 71.5 Å². The number of benzene rings is 2. The lowest BCUT2D eigenvalue weighted by Gasteiger charge is -2.39. The minimum absolute atomic E-state index is 0.115. The van der Waals surface area contributed by atoms with Gasteiger partial charge in [0.05, 0.1) is 24.9 Å². The van der Waals surface area contributed by atoms with Crippen molar-refractivity contribution in [2.45, 2.75) is 50.6 Å². The highest BCUT2D eigenvalue weighted by molar-refractivity contribution is 5.19. The summed E-state index contributed by atoms with van der Waals surface area (Å²) in [6, 6.07) is 17.0. The lowest BCUT2D eigenvalue weighted by atomic mass is 9.88. The fourth-order valence-electron chi connectivity index (χ4n) is 4.06. The van der Waals surface area contributed by atoms with Crippen LogP contribution in [-0.4, -0.2) is 12.2 Å². The van der Waals surface area contributed by atoms with Crippen molar-refractivity contribution in [1.29, 1.82) is 0 Å². The molecule has 0 N–H and O–H groups in total. The third-order valence-corrected chi connectivity index (χ3v) is 5.32. The monoisotopic (exact) mass is 326 g/mol. The van der Waals surface area contributed by atoms with Gasteiger partial charge in [-0.3, -0.25) is 0 Å². The third-order valence-electron chi connectivity index (χ3n) is 5.32. The van der Waals surface area contributed by atoms with Gasteiger partial charge in [0, 0.05) is 12.3 Å². The van der Waals surface area contributed by atoms with Crippen molar-refractivity contribution in [1.82, 2.24) is 0 Å². The molecule has 4 atom stereocenters. The van der Waals surface area contributed by atoms with E-state index in [-0.39, 0.29) is 18.0 Å². The summed E-state index contributed by atoms with van der Waals surface area (Å²) in [7, 11) is 0. The van der Waals surface area contributed by atoms with Crippen LogP contribution >= 0.6 is 0 Å². The zero-order valence-corrected chi connectivity index (χ0v) is 13.7. The second-order valence-electron chi connectivity index (χ2n) is 6.88. The first-order valence-electron chi connectivity index (χ1n) is 8.86. The van der Waals surface area contributed by atoms with Gasteiger partial charge < -0.3 is 9.47 Å². The molecule has 126 valence electrons. The average Bonchev–Trinajstić information content (AvgIpc) is 3.10. The van der Waals surface area contributed by atoms with E-state index in [9.17, 15) is 4.39 Å². The first kappa shape index (κ1) is 15.8. The molecule has 0 aromatic heterocycles. The van der Waals surface area contributed by atoms with E-state index in [0.717, 1.165) is 18.4 Å². The van der Waals surface area contributed by atoms with Gasteiger partial charge in [-0.05, 0) is 36.1 Å². The Morgan fingerprint density at radius 3 is 2.58 bits per heavy atom. The molecule has 0 bridgehead atoms.